The molecule has 0 saturated heterocycles. The van der Waals surface area contributed by atoms with Gasteiger partial charge in [-0.25, -0.2) is 9.97 Å². The maximum absolute atomic E-state index is 12.7. The van der Waals surface area contributed by atoms with Crippen LogP contribution in [-0.4, -0.2) is 48.1 Å². The summed E-state index contributed by atoms with van der Waals surface area (Å²) < 4.78 is 38.2. The van der Waals surface area contributed by atoms with Crippen molar-refractivity contribution >= 4 is 11.6 Å². The summed E-state index contributed by atoms with van der Waals surface area (Å²) in [6, 6.07) is 1.45. The van der Waals surface area contributed by atoms with Crippen LogP contribution in [-0.2, 0) is 6.18 Å². The molecule has 114 valence electrons. The fourth-order valence-corrected chi connectivity index (χ4v) is 1.77. The number of likely N-dealkylation sites (N-methyl/N-ethyl adjacent to an activating group) is 1. The summed E-state index contributed by atoms with van der Waals surface area (Å²) >= 11 is 0. The smallest absolute Gasteiger partial charge is 0.370 e. The van der Waals surface area contributed by atoms with Crippen LogP contribution in [0.2, 0.25) is 0 Å². The quantitative estimate of drug-likeness (QED) is 0.842. The average Bonchev–Trinajstić information content (AvgIpc) is 2.26. The van der Waals surface area contributed by atoms with Gasteiger partial charge < -0.3 is 15.5 Å². The van der Waals surface area contributed by atoms with Crippen molar-refractivity contribution in [1.29, 1.82) is 0 Å². The van der Waals surface area contributed by atoms with Gasteiger partial charge in [0.2, 0.25) is 5.82 Å². The van der Waals surface area contributed by atoms with Crippen LogP contribution in [0.15, 0.2) is 6.07 Å². The van der Waals surface area contributed by atoms with Gasteiger partial charge in [0.25, 0.3) is 0 Å². The van der Waals surface area contributed by atoms with Crippen molar-refractivity contribution in [3.8, 4) is 0 Å². The SMILES string of the molecule is CCNc1cc(NC(C)CN(C)C)nc(C(F)(F)F)n1. The average molecular weight is 291 g/mol. The second kappa shape index (κ2) is 6.74. The number of halogens is 3. The highest BCUT2D eigenvalue weighted by Crippen LogP contribution is 2.28. The van der Waals surface area contributed by atoms with Gasteiger partial charge in [-0.3, -0.25) is 0 Å². The van der Waals surface area contributed by atoms with Gasteiger partial charge in [-0.05, 0) is 27.9 Å². The number of aromatic nitrogens is 2. The summed E-state index contributed by atoms with van der Waals surface area (Å²) in [4.78, 5) is 8.93. The summed E-state index contributed by atoms with van der Waals surface area (Å²) in [6.07, 6.45) is -4.56. The summed E-state index contributed by atoms with van der Waals surface area (Å²) in [7, 11) is 3.78. The van der Waals surface area contributed by atoms with E-state index in [-0.39, 0.29) is 17.7 Å². The molecule has 0 fully saturated rings. The van der Waals surface area contributed by atoms with E-state index in [1.807, 2.05) is 25.9 Å². The predicted molar refractivity (Wildman–Crippen MR) is 72.8 cm³/mol. The molecule has 1 atom stereocenters. The largest absolute Gasteiger partial charge is 0.451 e. The van der Waals surface area contributed by atoms with Crippen molar-refractivity contribution in [3.05, 3.63) is 11.9 Å². The molecule has 5 nitrogen and oxygen atoms in total. The Labute approximate surface area is 116 Å². The number of nitrogens with one attached hydrogen (secondary N) is 2. The van der Waals surface area contributed by atoms with Crippen molar-refractivity contribution in [3.63, 3.8) is 0 Å². The first-order chi connectivity index (χ1) is 9.22. The maximum atomic E-state index is 12.7. The van der Waals surface area contributed by atoms with Crippen LogP contribution in [0.1, 0.15) is 19.7 Å². The molecule has 0 aliphatic rings. The number of alkyl halides is 3. The number of rotatable bonds is 6. The second-order valence-corrected chi connectivity index (χ2v) is 4.80. The monoisotopic (exact) mass is 291 g/mol. The Morgan fingerprint density at radius 2 is 1.85 bits per heavy atom. The Balaban J connectivity index is 2.97. The minimum Gasteiger partial charge on any atom is -0.370 e. The molecule has 20 heavy (non-hydrogen) atoms. The molecule has 0 bridgehead atoms. The topological polar surface area (TPSA) is 53.1 Å². The molecule has 0 aromatic carbocycles. The van der Waals surface area contributed by atoms with Gasteiger partial charge in [0.15, 0.2) is 0 Å². The molecule has 2 N–H and O–H groups in total. The minimum absolute atomic E-state index is 0.0320. The van der Waals surface area contributed by atoms with Gasteiger partial charge >= 0.3 is 6.18 Å². The summed E-state index contributed by atoms with van der Waals surface area (Å²) in [5.74, 6) is -0.817. The Morgan fingerprint density at radius 1 is 1.25 bits per heavy atom. The van der Waals surface area contributed by atoms with E-state index < -0.39 is 12.0 Å². The lowest BCUT2D eigenvalue weighted by atomic mass is 10.3. The first kappa shape index (κ1) is 16.5. The molecule has 1 aromatic heterocycles. The van der Waals surface area contributed by atoms with Crippen molar-refractivity contribution in [2.45, 2.75) is 26.1 Å². The molecule has 0 amide bonds. The first-order valence-corrected chi connectivity index (χ1v) is 6.33. The third kappa shape index (κ3) is 5.20. The molecule has 1 unspecified atom stereocenters. The molecule has 1 rings (SSSR count). The molecule has 1 heterocycles. The lowest BCUT2D eigenvalue weighted by Gasteiger charge is -2.19. The van der Waals surface area contributed by atoms with Crippen LogP contribution in [0.4, 0.5) is 24.8 Å². The normalized spacial score (nSPS) is 13.4. The van der Waals surface area contributed by atoms with E-state index in [4.69, 9.17) is 0 Å². The van der Waals surface area contributed by atoms with Gasteiger partial charge in [0.1, 0.15) is 11.6 Å². The molecule has 0 saturated carbocycles. The first-order valence-electron chi connectivity index (χ1n) is 6.33. The van der Waals surface area contributed by atoms with Crippen LogP contribution >= 0.6 is 0 Å². The number of hydrogen-bond acceptors (Lipinski definition) is 5. The fraction of sp³-hybridized carbons (Fsp3) is 0.667. The Hall–Kier alpha value is -1.57. The van der Waals surface area contributed by atoms with E-state index in [0.29, 0.717) is 13.1 Å². The van der Waals surface area contributed by atoms with Gasteiger partial charge in [-0.2, -0.15) is 13.2 Å². The Kier molecular flexibility index (Phi) is 5.55. The van der Waals surface area contributed by atoms with E-state index in [0.717, 1.165) is 0 Å². The van der Waals surface area contributed by atoms with Gasteiger partial charge in [0, 0.05) is 25.2 Å². The molecule has 0 aliphatic carbocycles. The zero-order valence-electron chi connectivity index (χ0n) is 12.0. The third-order valence-electron chi connectivity index (χ3n) is 2.37. The highest BCUT2D eigenvalue weighted by atomic mass is 19.4. The number of nitrogens with zero attached hydrogens (tertiary/aromatic N) is 3. The van der Waals surface area contributed by atoms with Gasteiger partial charge in [-0.15, -0.1) is 0 Å². The maximum Gasteiger partial charge on any atom is 0.451 e. The van der Waals surface area contributed by atoms with Crippen molar-refractivity contribution in [2.75, 3.05) is 37.8 Å². The summed E-state index contributed by atoms with van der Waals surface area (Å²) in [5.41, 5.74) is 0. The number of hydrogen-bond donors (Lipinski definition) is 2. The van der Waals surface area contributed by atoms with Crippen LogP contribution in [0.25, 0.3) is 0 Å². The number of anilines is 2. The highest BCUT2D eigenvalue weighted by molar-refractivity contribution is 5.48. The van der Waals surface area contributed by atoms with Gasteiger partial charge in [-0.1, -0.05) is 0 Å². The van der Waals surface area contributed by atoms with Gasteiger partial charge in [0.05, 0.1) is 0 Å². The molecule has 0 aliphatic heterocycles. The van der Waals surface area contributed by atoms with E-state index in [9.17, 15) is 13.2 Å². The van der Waals surface area contributed by atoms with Crippen LogP contribution in [0.5, 0.6) is 0 Å². The molecule has 8 heteroatoms. The predicted octanol–water partition coefficient (Wildman–Crippen LogP) is 2.29. The van der Waals surface area contributed by atoms with Crippen LogP contribution < -0.4 is 10.6 Å². The zero-order chi connectivity index (χ0) is 15.3. The second-order valence-electron chi connectivity index (χ2n) is 4.80. The third-order valence-corrected chi connectivity index (χ3v) is 2.37. The molecule has 0 radical (unpaired) electrons. The van der Waals surface area contributed by atoms with E-state index in [2.05, 4.69) is 20.6 Å². The fourth-order valence-electron chi connectivity index (χ4n) is 1.77. The lowest BCUT2D eigenvalue weighted by molar-refractivity contribution is -0.144. The highest BCUT2D eigenvalue weighted by Gasteiger charge is 2.35. The zero-order valence-corrected chi connectivity index (χ0v) is 12.0. The Morgan fingerprint density at radius 3 is 2.35 bits per heavy atom. The molecule has 1 aromatic rings. The summed E-state index contributed by atoms with van der Waals surface area (Å²) in [6.45, 7) is 4.84. The lowest BCUT2D eigenvalue weighted by Crippen LogP contribution is -2.30. The summed E-state index contributed by atoms with van der Waals surface area (Å²) in [5, 5.41) is 5.72. The van der Waals surface area contributed by atoms with Crippen molar-refractivity contribution in [2.24, 2.45) is 0 Å². The van der Waals surface area contributed by atoms with E-state index >= 15 is 0 Å². The van der Waals surface area contributed by atoms with Crippen LogP contribution in [0, 0.1) is 0 Å². The van der Waals surface area contributed by atoms with Crippen molar-refractivity contribution in [1.82, 2.24) is 14.9 Å². The van der Waals surface area contributed by atoms with E-state index in [1.54, 1.807) is 6.92 Å². The van der Waals surface area contributed by atoms with Crippen LogP contribution in [0.3, 0.4) is 0 Å². The Bertz CT molecular complexity index is 434. The van der Waals surface area contributed by atoms with E-state index in [1.165, 1.54) is 6.07 Å². The van der Waals surface area contributed by atoms with Crippen molar-refractivity contribution < 1.29 is 13.2 Å². The standard InChI is InChI=1S/C12H20F3N5/c1-5-16-9-6-10(17-8(2)7-20(3)4)19-11(18-9)12(13,14)15/h6,8H,5,7H2,1-4H3,(H2,16,17,18,19). The molecule has 0 spiro atoms. The minimum atomic E-state index is -4.56. The molecular weight excluding hydrogens is 271 g/mol. The molecular formula is C12H20F3N5.